The number of carbonyl (C=O) groups is 3. The van der Waals surface area contributed by atoms with Crippen LogP contribution in [0.1, 0.15) is 18.4 Å². The Hall–Kier alpha value is -4.16. The number of hydrogen-bond acceptors (Lipinski definition) is 3. The van der Waals surface area contributed by atoms with Crippen molar-refractivity contribution in [2.24, 2.45) is 0 Å². The van der Waals surface area contributed by atoms with Crippen LogP contribution in [-0.4, -0.2) is 17.7 Å². The highest BCUT2D eigenvalue weighted by Gasteiger charge is 2.28. The molecule has 0 unspecified atom stereocenters. The van der Waals surface area contributed by atoms with Crippen molar-refractivity contribution in [2.45, 2.75) is 19.3 Å². The first-order valence-electron chi connectivity index (χ1n) is 11.3. The molecule has 174 valence electrons. The van der Waals surface area contributed by atoms with Gasteiger partial charge in [0.25, 0.3) is 0 Å². The third-order valence-corrected chi connectivity index (χ3v) is 6.33. The summed E-state index contributed by atoms with van der Waals surface area (Å²) >= 11 is 6.17. The third kappa shape index (κ3) is 4.74. The maximum absolute atomic E-state index is 13.0. The molecule has 0 atom stereocenters. The lowest BCUT2D eigenvalue weighted by Gasteiger charge is -2.23. The van der Waals surface area contributed by atoms with Gasteiger partial charge in [-0.25, -0.2) is 0 Å². The number of fused-ring (bicyclic) bond motifs is 3. The minimum Gasteiger partial charge on any atom is -0.326 e. The number of rotatable bonds is 5. The second-order valence-electron chi connectivity index (χ2n) is 8.32. The molecule has 35 heavy (non-hydrogen) atoms. The zero-order valence-corrected chi connectivity index (χ0v) is 19.5. The Bertz CT molecular complexity index is 1450. The highest BCUT2D eigenvalue weighted by atomic mass is 35.5. The minimum atomic E-state index is -0.350. The van der Waals surface area contributed by atoms with E-state index in [0.717, 1.165) is 16.3 Å². The highest BCUT2D eigenvalue weighted by molar-refractivity contribution is 6.31. The first-order chi connectivity index (χ1) is 17.0. The molecule has 4 aromatic carbocycles. The van der Waals surface area contributed by atoms with Gasteiger partial charge in [-0.1, -0.05) is 60.1 Å². The SMILES string of the molecule is O=C(CCc1ccccc1Cl)Nc1ccc(N2C(=O)CC(=O)Nc3c2ccc2ccccc32)cc1. The van der Waals surface area contributed by atoms with Gasteiger partial charge in [0, 0.05) is 28.2 Å². The van der Waals surface area contributed by atoms with Crippen LogP contribution in [0.2, 0.25) is 5.02 Å². The maximum atomic E-state index is 13.0. The van der Waals surface area contributed by atoms with Crippen LogP contribution in [-0.2, 0) is 20.8 Å². The summed E-state index contributed by atoms with van der Waals surface area (Å²) in [4.78, 5) is 39.4. The zero-order chi connectivity index (χ0) is 24.4. The predicted molar refractivity (Wildman–Crippen MR) is 139 cm³/mol. The minimum absolute atomic E-state index is 0.130. The van der Waals surface area contributed by atoms with Gasteiger partial charge in [0.2, 0.25) is 17.7 Å². The largest absolute Gasteiger partial charge is 0.326 e. The van der Waals surface area contributed by atoms with Gasteiger partial charge in [0.1, 0.15) is 6.42 Å². The number of halogens is 1. The fourth-order valence-electron chi connectivity index (χ4n) is 4.26. The Labute approximate surface area is 207 Å². The average molecular weight is 484 g/mol. The molecule has 4 aromatic rings. The number of anilines is 4. The summed E-state index contributed by atoms with van der Waals surface area (Å²) in [6.07, 6.45) is 0.575. The number of nitrogens with one attached hydrogen (secondary N) is 2. The van der Waals surface area contributed by atoms with Crippen molar-refractivity contribution < 1.29 is 14.4 Å². The van der Waals surface area contributed by atoms with E-state index in [2.05, 4.69) is 10.6 Å². The topological polar surface area (TPSA) is 78.5 Å². The number of aryl methyl sites for hydroxylation is 1. The van der Waals surface area contributed by atoms with Gasteiger partial charge >= 0.3 is 0 Å². The second-order valence-corrected chi connectivity index (χ2v) is 8.73. The Morgan fingerprint density at radius 1 is 0.914 bits per heavy atom. The van der Waals surface area contributed by atoms with E-state index >= 15 is 0 Å². The molecule has 0 spiro atoms. The number of hydrogen-bond donors (Lipinski definition) is 2. The van der Waals surface area contributed by atoms with Crippen molar-refractivity contribution in [1.29, 1.82) is 0 Å². The van der Waals surface area contributed by atoms with Crippen molar-refractivity contribution in [3.05, 3.63) is 95.5 Å². The van der Waals surface area contributed by atoms with Crippen molar-refractivity contribution in [2.75, 3.05) is 15.5 Å². The number of amides is 3. The van der Waals surface area contributed by atoms with Gasteiger partial charge < -0.3 is 10.6 Å². The zero-order valence-electron chi connectivity index (χ0n) is 18.8. The fraction of sp³-hybridized carbons (Fsp3) is 0.107. The number of nitrogens with zero attached hydrogens (tertiary/aromatic N) is 1. The first-order valence-corrected chi connectivity index (χ1v) is 11.7. The lowest BCUT2D eigenvalue weighted by molar-refractivity contribution is -0.124. The van der Waals surface area contributed by atoms with E-state index in [-0.39, 0.29) is 24.1 Å². The molecule has 3 amide bonds. The molecule has 1 aliphatic heterocycles. The molecule has 1 aliphatic rings. The monoisotopic (exact) mass is 483 g/mol. The molecule has 0 radical (unpaired) electrons. The predicted octanol–water partition coefficient (Wildman–Crippen LogP) is 6.07. The van der Waals surface area contributed by atoms with Gasteiger partial charge in [0.05, 0.1) is 11.4 Å². The molecule has 1 heterocycles. The van der Waals surface area contributed by atoms with Crippen LogP contribution >= 0.6 is 11.6 Å². The first kappa shape index (κ1) is 22.6. The van der Waals surface area contributed by atoms with Crippen LogP contribution in [0.5, 0.6) is 0 Å². The van der Waals surface area contributed by atoms with Crippen molar-refractivity contribution in [3.63, 3.8) is 0 Å². The quantitative estimate of drug-likeness (QED) is 0.338. The lowest BCUT2D eigenvalue weighted by Crippen LogP contribution is -2.26. The Balaban J connectivity index is 1.37. The van der Waals surface area contributed by atoms with Gasteiger partial charge in [-0.2, -0.15) is 0 Å². The number of benzene rings is 4. The van der Waals surface area contributed by atoms with Crippen LogP contribution in [0.25, 0.3) is 10.8 Å². The van der Waals surface area contributed by atoms with Crippen LogP contribution < -0.4 is 15.5 Å². The van der Waals surface area contributed by atoms with E-state index in [4.69, 9.17) is 11.6 Å². The van der Waals surface area contributed by atoms with Crippen molar-refractivity contribution >= 4 is 62.8 Å². The van der Waals surface area contributed by atoms with E-state index in [1.165, 1.54) is 0 Å². The van der Waals surface area contributed by atoms with Gasteiger partial charge in [0.15, 0.2) is 0 Å². The average Bonchev–Trinajstić information content (AvgIpc) is 2.98. The normalized spacial score (nSPS) is 13.2. The van der Waals surface area contributed by atoms with Gasteiger partial charge in [-0.05, 0) is 53.8 Å². The summed E-state index contributed by atoms with van der Waals surface area (Å²) < 4.78 is 0. The second kappa shape index (κ2) is 9.60. The molecule has 0 aliphatic carbocycles. The molecule has 0 saturated carbocycles. The van der Waals surface area contributed by atoms with Crippen LogP contribution in [0.15, 0.2) is 84.9 Å². The number of carbonyl (C=O) groups excluding carboxylic acids is 3. The molecule has 7 heteroatoms. The van der Waals surface area contributed by atoms with Crippen LogP contribution in [0, 0.1) is 0 Å². The standard InChI is InChI=1S/C28H22ClN3O3/c29-23-8-4-2-6-19(23)10-16-25(33)30-20-11-13-21(14-12-20)32-24-15-9-18-5-1-3-7-22(18)28(24)31-26(34)17-27(32)35/h1-9,11-15H,10,16-17H2,(H,30,33)(H,31,34). The molecule has 0 bridgehead atoms. The van der Waals surface area contributed by atoms with E-state index in [0.29, 0.717) is 40.6 Å². The fourth-order valence-corrected chi connectivity index (χ4v) is 4.49. The smallest absolute Gasteiger partial charge is 0.241 e. The van der Waals surface area contributed by atoms with Crippen molar-refractivity contribution in [1.82, 2.24) is 0 Å². The molecule has 2 N–H and O–H groups in total. The van der Waals surface area contributed by atoms with E-state index in [1.807, 2.05) is 60.7 Å². The van der Waals surface area contributed by atoms with Crippen LogP contribution in [0.3, 0.4) is 0 Å². The molecule has 0 saturated heterocycles. The van der Waals surface area contributed by atoms with Crippen LogP contribution in [0.4, 0.5) is 22.7 Å². The summed E-state index contributed by atoms with van der Waals surface area (Å²) in [7, 11) is 0. The Morgan fingerprint density at radius 2 is 1.66 bits per heavy atom. The third-order valence-electron chi connectivity index (χ3n) is 5.96. The van der Waals surface area contributed by atoms with Crippen molar-refractivity contribution in [3.8, 4) is 0 Å². The van der Waals surface area contributed by atoms with Gasteiger partial charge in [-0.3, -0.25) is 19.3 Å². The molecule has 6 nitrogen and oxygen atoms in total. The summed E-state index contributed by atoms with van der Waals surface area (Å²) in [6, 6.07) is 26.0. The van der Waals surface area contributed by atoms with E-state index in [9.17, 15) is 14.4 Å². The lowest BCUT2D eigenvalue weighted by atomic mass is 10.1. The summed E-state index contributed by atoms with van der Waals surface area (Å²) in [5.41, 5.74) is 3.37. The molecular formula is C28H22ClN3O3. The van der Waals surface area contributed by atoms with E-state index < -0.39 is 0 Å². The maximum Gasteiger partial charge on any atom is 0.241 e. The Kier molecular flexibility index (Phi) is 6.21. The van der Waals surface area contributed by atoms with Gasteiger partial charge in [-0.15, -0.1) is 0 Å². The molecule has 5 rings (SSSR count). The Morgan fingerprint density at radius 3 is 2.46 bits per heavy atom. The summed E-state index contributed by atoms with van der Waals surface area (Å²) in [5.74, 6) is -0.805. The molecule has 0 aromatic heterocycles. The van der Waals surface area contributed by atoms with E-state index in [1.54, 1.807) is 29.2 Å². The summed E-state index contributed by atoms with van der Waals surface area (Å²) in [5, 5.41) is 8.26. The summed E-state index contributed by atoms with van der Waals surface area (Å²) in [6.45, 7) is 0. The highest BCUT2D eigenvalue weighted by Crippen LogP contribution is 2.40. The molecular weight excluding hydrogens is 462 g/mol. The molecule has 0 fully saturated rings.